The average Bonchev–Trinajstić information content (AvgIpc) is 2.00. The van der Waals surface area contributed by atoms with E-state index in [9.17, 15) is 4.39 Å². The van der Waals surface area contributed by atoms with Crippen LogP contribution < -0.4 is 5.73 Å². The molecule has 0 saturated heterocycles. The Balaban J connectivity index is 3.79. The van der Waals surface area contributed by atoms with E-state index in [1.165, 1.54) is 0 Å². The molecule has 0 amide bonds. The minimum Gasteiger partial charge on any atom is -0.328 e. The van der Waals surface area contributed by atoms with Gasteiger partial charge in [0.2, 0.25) is 0 Å². The molecule has 1 unspecified atom stereocenters. The lowest BCUT2D eigenvalue weighted by molar-refractivity contribution is 0.151. The molecule has 1 atom stereocenters. The minimum absolute atomic E-state index is 0.142. The van der Waals surface area contributed by atoms with Crippen molar-refractivity contribution in [3.63, 3.8) is 0 Å². The van der Waals surface area contributed by atoms with Gasteiger partial charge < -0.3 is 5.73 Å². The number of nitrogens with two attached hydrogens (primary N) is 1. The molecular formula is C9H20FN. The van der Waals surface area contributed by atoms with Gasteiger partial charge in [0, 0.05) is 6.54 Å². The molecule has 0 fully saturated rings. The van der Waals surface area contributed by atoms with E-state index in [-0.39, 0.29) is 6.54 Å². The van der Waals surface area contributed by atoms with Gasteiger partial charge in [-0.2, -0.15) is 0 Å². The third-order valence-corrected chi connectivity index (χ3v) is 2.29. The molecule has 0 aromatic heterocycles. The Morgan fingerprint density at radius 1 is 1.36 bits per heavy atom. The van der Waals surface area contributed by atoms with Gasteiger partial charge in [-0.25, -0.2) is 4.39 Å². The molecule has 11 heavy (non-hydrogen) atoms. The van der Waals surface area contributed by atoms with E-state index in [2.05, 4.69) is 13.8 Å². The first-order valence-electron chi connectivity index (χ1n) is 4.44. The number of hydrogen-bond donors (Lipinski definition) is 1. The molecule has 0 aromatic carbocycles. The van der Waals surface area contributed by atoms with Gasteiger partial charge in [0.25, 0.3) is 0 Å². The third kappa shape index (κ3) is 4.35. The molecule has 0 rings (SSSR count). The smallest absolute Gasteiger partial charge is 0.120 e. The second-order valence-electron chi connectivity index (χ2n) is 3.50. The van der Waals surface area contributed by atoms with E-state index in [0.29, 0.717) is 12.3 Å². The molecular weight excluding hydrogens is 141 g/mol. The van der Waals surface area contributed by atoms with Crippen molar-refractivity contribution in [2.45, 2.75) is 45.7 Å². The molecule has 0 radical (unpaired) electrons. The highest BCUT2D eigenvalue weighted by molar-refractivity contribution is 4.77. The molecule has 0 aromatic rings. The van der Waals surface area contributed by atoms with E-state index in [1.54, 1.807) is 6.92 Å². The molecule has 0 spiro atoms. The monoisotopic (exact) mass is 161 g/mol. The first kappa shape index (κ1) is 10.9. The van der Waals surface area contributed by atoms with Crippen molar-refractivity contribution in [1.29, 1.82) is 0 Å². The topological polar surface area (TPSA) is 26.0 Å². The summed E-state index contributed by atoms with van der Waals surface area (Å²) in [5.74, 6) is 0.494. The van der Waals surface area contributed by atoms with Crippen molar-refractivity contribution in [3.8, 4) is 0 Å². The van der Waals surface area contributed by atoms with Crippen LogP contribution in [-0.4, -0.2) is 12.2 Å². The van der Waals surface area contributed by atoms with Crippen molar-refractivity contribution in [1.82, 2.24) is 0 Å². The van der Waals surface area contributed by atoms with Gasteiger partial charge in [-0.3, -0.25) is 0 Å². The Morgan fingerprint density at radius 3 is 2.09 bits per heavy atom. The quantitative estimate of drug-likeness (QED) is 0.658. The molecule has 0 heterocycles. The molecule has 0 saturated carbocycles. The van der Waals surface area contributed by atoms with Gasteiger partial charge in [0.15, 0.2) is 0 Å². The maximum absolute atomic E-state index is 13.3. The summed E-state index contributed by atoms with van der Waals surface area (Å²) in [6.45, 7) is 5.93. The number of alkyl halides is 1. The Morgan fingerprint density at radius 2 is 1.82 bits per heavy atom. The maximum Gasteiger partial charge on any atom is 0.120 e. The van der Waals surface area contributed by atoms with Crippen molar-refractivity contribution in [2.24, 2.45) is 11.7 Å². The molecule has 2 N–H and O–H groups in total. The van der Waals surface area contributed by atoms with Crippen LogP contribution in [0.15, 0.2) is 0 Å². The summed E-state index contributed by atoms with van der Waals surface area (Å²) in [7, 11) is 0. The van der Waals surface area contributed by atoms with Crippen molar-refractivity contribution in [2.75, 3.05) is 6.54 Å². The van der Waals surface area contributed by atoms with Gasteiger partial charge in [-0.1, -0.05) is 26.7 Å². The largest absolute Gasteiger partial charge is 0.328 e. The van der Waals surface area contributed by atoms with Crippen LogP contribution in [0.1, 0.15) is 40.0 Å². The molecule has 0 aliphatic rings. The fourth-order valence-corrected chi connectivity index (χ4v) is 1.26. The van der Waals surface area contributed by atoms with Crippen LogP contribution in [-0.2, 0) is 0 Å². The summed E-state index contributed by atoms with van der Waals surface area (Å²) in [4.78, 5) is 0. The van der Waals surface area contributed by atoms with Crippen LogP contribution in [0.4, 0.5) is 4.39 Å². The predicted molar refractivity (Wildman–Crippen MR) is 47.3 cm³/mol. The van der Waals surface area contributed by atoms with E-state index in [0.717, 1.165) is 12.8 Å². The standard InChI is InChI=1S/C9H20FN/c1-4-8(5-2)6-9(3,10)7-11/h8H,4-7,11H2,1-3H3. The summed E-state index contributed by atoms with van der Waals surface area (Å²) in [5, 5.41) is 0. The number of halogens is 1. The minimum atomic E-state index is -1.16. The second kappa shape index (κ2) is 4.70. The Hall–Kier alpha value is -0.110. The van der Waals surface area contributed by atoms with E-state index < -0.39 is 5.67 Å². The van der Waals surface area contributed by atoms with Crippen molar-refractivity contribution in [3.05, 3.63) is 0 Å². The molecule has 0 bridgehead atoms. The van der Waals surface area contributed by atoms with Crippen LogP contribution in [0.5, 0.6) is 0 Å². The van der Waals surface area contributed by atoms with Gasteiger partial charge in [0.1, 0.15) is 5.67 Å². The van der Waals surface area contributed by atoms with E-state index in [1.807, 2.05) is 0 Å². The second-order valence-corrected chi connectivity index (χ2v) is 3.50. The van der Waals surface area contributed by atoms with Gasteiger partial charge in [0.05, 0.1) is 0 Å². The zero-order chi connectivity index (χ0) is 8.91. The van der Waals surface area contributed by atoms with E-state index in [4.69, 9.17) is 5.73 Å². The Kier molecular flexibility index (Phi) is 4.66. The lowest BCUT2D eigenvalue weighted by Gasteiger charge is -2.23. The third-order valence-electron chi connectivity index (χ3n) is 2.29. The van der Waals surface area contributed by atoms with Crippen LogP contribution in [0, 0.1) is 5.92 Å². The number of hydrogen-bond acceptors (Lipinski definition) is 1. The van der Waals surface area contributed by atoms with Crippen LogP contribution in [0.25, 0.3) is 0 Å². The molecule has 0 aliphatic carbocycles. The summed E-state index contributed by atoms with van der Waals surface area (Å²) in [6, 6.07) is 0. The normalized spacial score (nSPS) is 16.9. The summed E-state index contributed by atoms with van der Waals surface area (Å²) in [6.07, 6.45) is 2.71. The highest BCUT2D eigenvalue weighted by atomic mass is 19.1. The van der Waals surface area contributed by atoms with Gasteiger partial charge in [-0.15, -0.1) is 0 Å². The molecule has 2 heteroatoms. The zero-order valence-electron chi connectivity index (χ0n) is 7.86. The average molecular weight is 161 g/mol. The number of rotatable bonds is 5. The summed E-state index contributed by atoms with van der Waals surface area (Å²) < 4.78 is 13.3. The highest BCUT2D eigenvalue weighted by Gasteiger charge is 2.24. The lowest BCUT2D eigenvalue weighted by atomic mass is 9.90. The Labute approximate surface area is 69.2 Å². The van der Waals surface area contributed by atoms with Crippen molar-refractivity contribution < 1.29 is 4.39 Å². The molecule has 0 aliphatic heterocycles. The first-order chi connectivity index (χ1) is 5.05. The van der Waals surface area contributed by atoms with Crippen LogP contribution >= 0.6 is 0 Å². The van der Waals surface area contributed by atoms with E-state index >= 15 is 0 Å². The Bertz CT molecular complexity index is 97.7. The predicted octanol–water partition coefficient (Wildman–Crippen LogP) is 2.50. The van der Waals surface area contributed by atoms with Crippen molar-refractivity contribution >= 4 is 0 Å². The van der Waals surface area contributed by atoms with Crippen LogP contribution in [0.3, 0.4) is 0 Å². The summed E-state index contributed by atoms with van der Waals surface area (Å²) >= 11 is 0. The maximum atomic E-state index is 13.3. The van der Waals surface area contributed by atoms with Crippen LogP contribution in [0.2, 0.25) is 0 Å². The van der Waals surface area contributed by atoms with Gasteiger partial charge >= 0.3 is 0 Å². The molecule has 68 valence electrons. The zero-order valence-corrected chi connectivity index (χ0v) is 7.86. The van der Waals surface area contributed by atoms with Gasteiger partial charge in [-0.05, 0) is 19.3 Å². The SMILES string of the molecule is CCC(CC)CC(C)(F)CN. The fourth-order valence-electron chi connectivity index (χ4n) is 1.26. The summed E-state index contributed by atoms with van der Waals surface area (Å²) in [5.41, 5.74) is 4.13. The lowest BCUT2D eigenvalue weighted by Crippen LogP contribution is -2.31. The fraction of sp³-hybridized carbons (Fsp3) is 1.00. The highest BCUT2D eigenvalue weighted by Crippen LogP contribution is 2.24. The first-order valence-corrected chi connectivity index (χ1v) is 4.44. The molecule has 1 nitrogen and oxygen atoms in total.